The second-order valence-corrected chi connectivity index (χ2v) is 4.65. The number of nitrogens with zero attached hydrogens (tertiary/aromatic N) is 4. The first-order chi connectivity index (χ1) is 9.79. The summed E-state index contributed by atoms with van der Waals surface area (Å²) in [5.41, 5.74) is 5.62. The van der Waals surface area contributed by atoms with Crippen molar-refractivity contribution in [1.82, 2.24) is 24.9 Å². The Morgan fingerprint density at radius 2 is 2.05 bits per heavy atom. The van der Waals surface area contributed by atoms with E-state index in [4.69, 9.17) is 5.84 Å². The first-order valence-electron chi connectivity index (χ1n) is 6.41. The zero-order valence-electron chi connectivity index (χ0n) is 11.2. The lowest BCUT2D eigenvalue weighted by Gasteiger charge is -2.17. The van der Waals surface area contributed by atoms with Crippen molar-refractivity contribution in [1.29, 1.82) is 0 Å². The van der Waals surface area contributed by atoms with Gasteiger partial charge in [-0.05, 0) is 11.6 Å². The highest BCUT2D eigenvalue weighted by molar-refractivity contribution is 5.78. The van der Waals surface area contributed by atoms with E-state index in [0.717, 1.165) is 22.4 Å². The summed E-state index contributed by atoms with van der Waals surface area (Å²) in [4.78, 5) is 13.1. The van der Waals surface area contributed by atoms with Crippen LogP contribution in [0.25, 0.3) is 11.0 Å². The van der Waals surface area contributed by atoms with E-state index < -0.39 is 0 Å². The lowest BCUT2D eigenvalue weighted by Crippen LogP contribution is -2.30. The van der Waals surface area contributed by atoms with Crippen LogP contribution >= 0.6 is 0 Å². The van der Waals surface area contributed by atoms with E-state index in [1.807, 2.05) is 36.0 Å². The van der Waals surface area contributed by atoms with Gasteiger partial charge >= 0.3 is 0 Å². The second kappa shape index (κ2) is 5.36. The number of fused-ring (bicyclic) bond motifs is 1. The molecule has 0 spiro atoms. The van der Waals surface area contributed by atoms with Gasteiger partial charge in [0.1, 0.15) is 5.82 Å². The minimum absolute atomic E-state index is 0.0588. The topological polar surface area (TPSA) is 81.7 Å². The first kappa shape index (κ1) is 12.7. The van der Waals surface area contributed by atoms with Crippen LogP contribution < -0.4 is 11.3 Å². The van der Waals surface area contributed by atoms with Crippen molar-refractivity contribution in [3.63, 3.8) is 0 Å². The predicted octanol–water partition coefficient (Wildman–Crippen LogP) is 1.11. The minimum Gasteiger partial charge on any atom is -0.338 e. The quantitative estimate of drug-likeness (QED) is 0.547. The Morgan fingerprint density at radius 1 is 1.20 bits per heavy atom. The summed E-state index contributed by atoms with van der Waals surface area (Å²) in [6, 6.07) is 5.87. The third-order valence-electron chi connectivity index (χ3n) is 3.41. The molecule has 0 aliphatic heterocycles. The van der Waals surface area contributed by atoms with Gasteiger partial charge in [0.15, 0.2) is 0 Å². The normalized spacial score (nSPS) is 12.7. The van der Waals surface area contributed by atoms with Crippen molar-refractivity contribution in [3.8, 4) is 0 Å². The Bertz CT molecular complexity index is 715. The zero-order chi connectivity index (χ0) is 13.9. The molecule has 1 unspecified atom stereocenters. The van der Waals surface area contributed by atoms with Crippen molar-refractivity contribution < 1.29 is 0 Å². The number of aromatic nitrogens is 4. The zero-order valence-corrected chi connectivity index (χ0v) is 11.2. The van der Waals surface area contributed by atoms with Gasteiger partial charge in [-0.15, -0.1) is 0 Å². The molecule has 0 saturated heterocycles. The molecule has 102 valence electrons. The van der Waals surface area contributed by atoms with Gasteiger partial charge in [0.25, 0.3) is 0 Å². The molecule has 0 bridgehead atoms. The SMILES string of the molecule is Cn1ccnc1CC(NN)c1cccc2nccnc12. The number of benzene rings is 1. The van der Waals surface area contributed by atoms with E-state index in [0.29, 0.717) is 6.42 Å². The molecule has 3 aromatic rings. The molecule has 0 radical (unpaired) electrons. The summed E-state index contributed by atoms with van der Waals surface area (Å²) in [7, 11) is 1.97. The van der Waals surface area contributed by atoms with Gasteiger partial charge in [-0.25, -0.2) is 4.98 Å². The van der Waals surface area contributed by atoms with Crippen molar-refractivity contribution in [2.45, 2.75) is 12.5 Å². The Hall–Kier alpha value is -2.31. The molecule has 6 nitrogen and oxygen atoms in total. The van der Waals surface area contributed by atoms with Crippen LogP contribution in [0, 0.1) is 0 Å². The third kappa shape index (κ3) is 2.26. The number of rotatable bonds is 4. The van der Waals surface area contributed by atoms with Crippen LogP contribution in [0.4, 0.5) is 0 Å². The van der Waals surface area contributed by atoms with Crippen molar-refractivity contribution >= 4 is 11.0 Å². The van der Waals surface area contributed by atoms with Crippen molar-refractivity contribution in [2.24, 2.45) is 12.9 Å². The van der Waals surface area contributed by atoms with Crippen LogP contribution in [0.1, 0.15) is 17.4 Å². The van der Waals surface area contributed by atoms with Crippen LogP contribution in [0.2, 0.25) is 0 Å². The summed E-state index contributed by atoms with van der Waals surface area (Å²) >= 11 is 0. The molecule has 3 N–H and O–H groups in total. The Balaban J connectivity index is 2.01. The van der Waals surface area contributed by atoms with Crippen LogP contribution in [0.5, 0.6) is 0 Å². The van der Waals surface area contributed by atoms with Gasteiger partial charge in [0, 0.05) is 38.3 Å². The summed E-state index contributed by atoms with van der Waals surface area (Å²) in [6.45, 7) is 0. The third-order valence-corrected chi connectivity index (χ3v) is 3.41. The van der Waals surface area contributed by atoms with Crippen molar-refractivity contribution in [2.75, 3.05) is 0 Å². The molecule has 0 fully saturated rings. The van der Waals surface area contributed by atoms with Crippen molar-refractivity contribution in [3.05, 3.63) is 54.4 Å². The average Bonchev–Trinajstić information content (AvgIpc) is 2.89. The molecule has 1 atom stereocenters. The number of hydrazine groups is 1. The molecule has 20 heavy (non-hydrogen) atoms. The standard InChI is InChI=1S/C14H16N6/c1-20-8-7-17-13(20)9-12(19-15)10-3-2-4-11-14(10)18-6-5-16-11/h2-8,12,19H,9,15H2,1H3. The van der Waals surface area contributed by atoms with E-state index in [1.165, 1.54) is 0 Å². The first-order valence-corrected chi connectivity index (χ1v) is 6.41. The fourth-order valence-corrected chi connectivity index (χ4v) is 2.33. The van der Waals surface area contributed by atoms with Gasteiger partial charge < -0.3 is 4.57 Å². The Labute approximate surface area is 116 Å². The highest BCUT2D eigenvalue weighted by Crippen LogP contribution is 2.23. The molecule has 0 amide bonds. The summed E-state index contributed by atoms with van der Waals surface area (Å²) in [6.07, 6.45) is 7.78. The van der Waals surface area contributed by atoms with E-state index in [2.05, 4.69) is 20.4 Å². The van der Waals surface area contributed by atoms with Gasteiger partial charge in [-0.1, -0.05) is 12.1 Å². The maximum Gasteiger partial charge on any atom is 0.110 e. The summed E-state index contributed by atoms with van der Waals surface area (Å²) in [5, 5.41) is 0. The number of aryl methyl sites for hydroxylation is 1. The highest BCUT2D eigenvalue weighted by Gasteiger charge is 2.16. The fourth-order valence-electron chi connectivity index (χ4n) is 2.33. The second-order valence-electron chi connectivity index (χ2n) is 4.65. The summed E-state index contributed by atoms with van der Waals surface area (Å²) in [5.74, 6) is 6.69. The number of nitrogens with two attached hydrogens (primary N) is 1. The number of hydrogen-bond donors (Lipinski definition) is 2. The summed E-state index contributed by atoms with van der Waals surface area (Å²) < 4.78 is 1.99. The van der Waals surface area contributed by atoms with E-state index in [1.54, 1.807) is 18.6 Å². The van der Waals surface area contributed by atoms with Gasteiger partial charge in [0.05, 0.1) is 17.1 Å². The van der Waals surface area contributed by atoms with Gasteiger partial charge in [-0.2, -0.15) is 0 Å². The highest BCUT2D eigenvalue weighted by atomic mass is 15.2. The van der Waals surface area contributed by atoms with Gasteiger partial charge in [0.2, 0.25) is 0 Å². The number of imidazole rings is 1. The smallest absolute Gasteiger partial charge is 0.110 e. The number of hydrogen-bond acceptors (Lipinski definition) is 5. The molecule has 2 aromatic heterocycles. The minimum atomic E-state index is -0.0588. The average molecular weight is 268 g/mol. The molecule has 0 aliphatic carbocycles. The molecule has 3 rings (SSSR count). The van der Waals surface area contributed by atoms with Crippen LogP contribution in [-0.4, -0.2) is 19.5 Å². The number of nitrogens with one attached hydrogen (secondary N) is 1. The maximum absolute atomic E-state index is 5.73. The largest absolute Gasteiger partial charge is 0.338 e. The predicted molar refractivity (Wildman–Crippen MR) is 76.5 cm³/mol. The Morgan fingerprint density at radius 3 is 2.80 bits per heavy atom. The molecule has 0 aliphatic rings. The maximum atomic E-state index is 5.73. The molecule has 2 heterocycles. The molecular formula is C14H16N6. The van der Waals surface area contributed by atoms with E-state index in [-0.39, 0.29) is 6.04 Å². The number of para-hydroxylation sites is 1. The van der Waals surface area contributed by atoms with Crippen LogP contribution in [0.3, 0.4) is 0 Å². The lowest BCUT2D eigenvalue weighted by molar-refractivity contribution is 0.533. The van der Waals surface area contributed by atoms with E-state index in [9.17, 15) is 0 Å². The monoisotopic (exact) mass is 268 g/mol. The molecule has 6 heteroatoms. The molecular weight excluding hydrogens is 252 g/mol. The van der Waals surface area contributed by atoms with Gasteiger partial charge in [-0.3, -0.25) is 21.2 Å². The lowest BCUT2D eigenvalue weighted by atomic mass is 10.0. The van der Waals surface area contributed by atoms with Crippen LogP contribution in [-0.2, 0) is 13.5 Å². The molecule has 1 aromatic carbocycles. The molecule has 0 saturated carbocycles. The fraction of sp³-hybridized carbons (Fsp3) is 0.214. The van der Waals surface area contributed by atoms with Crippen LogP contribution in [0.15, 0.2) is 43.0 Å². The Kier molecular flexibility index (Phi) is 3.41. The van der Waals surface area contributed by atoms with E-state index >= 15 is 0 Å².